The van der Waals surface area contributed by atoms with Crippen LogP contribution in [0.4, 0.5) is 0 Å². The molecule has 0 aromatic rings. The molecule has 0 heterocycles. The molecule has 120 valence electrons. The van der Waals surface area contributed by atoms with Crippen molar-refractivity contribution in [3.05, 3.63) is 0 Å². The van der Waals surface area contributed by atoms with E-state index in [1.807, 2.05) is 20.8 Å². The Hall–Kier alpha value is -0.770. The molecule has 0 amide bonds. The van der Waals surface area contributed by atoms with E-state index in [1.165, 1.54) is 0 Å². The minimum atomic E-state index is -0.983. The molecule has 0 saturated carbocycles. The number of ketones is 1. The lowest BCUT2D eigenvalue weighted by Crippen LogP contribution is -2.22. The standard InChI is InChI=1S/C10H22N2O.C6H12O/c1-6-7-8-10(5,13)12-11-9(2,3)4;1-3-4-5-6(2)7/h13H,6-8H2,1-5H3;3-5H2,1-2H3. The fourth-order valence-electron chi connectivity index (χ4n) is 1.25. The number of nitrogens with zero attached hydrogens (tertiary/aromatic N) is 2. The molecule has 0 saturated heterocycles. The maximum Gasteiger partial charge on any atom is 0.173 e. The first-order valence-corrected chi connectivity index (χ1v) is 7.70. The monoisotopic (exact) mass is 286 g/mol. The van der Waals surface area contributed by atoms with Crippen LogP contribution in [0, 0.1) is 0 Å². The number of Topliss-reactive ketones (excluding diaryl/α,β-unsaturated/α-hetero) is 1. The predicted octanol–water partition coefficient (Wildman–Crippen LogP) is 4.90. The summed E-state index contributed by atoms with van der Waals surface area (Å²) in [5, 5.41) is 17.7. The second-order valence-corrected chi connectivity index (χ2v) is 6.50. The molecule has 0 aliphatic carbocycles. The first kappa shape index (κ1) is 21.5. The van der Waals surface area contributed by atoms with E-state index in [4.69, 9.17) is 0 Å². The lowest BCUT2D eigenvalue weighted by Gasteiger charge is -2.19. The summed E-state index contributed by atoms with van der Waals surface area (Å²) in [4.78, 5) is 10.2. The van der Waals surface area contributed by atoms with Crippen molar-refractivity contribution in [1.29, 1.82) is 0 Å². The molecule has 0 aromatic heterocycles. The van der Waals surface area contributed by atoms with Crippen LogP contribution in [0.5, 0.6) is 0 Å². The molecule has 0 bridgehead atoms. The Kier molecular flexibility index (Phi) is 11.8. The molecule has 1 unspecified atom stereocenters. The maximum atomic E-state index is 10.2. The molecular formula is C16H34N2O2. The van der Waals surface area contributed by atoms with E-state index in [1.54, 1.807) is 13.8 Å². The molecule has 0 aliphatic heterocycles. The van der Waals surface area contributed by atoms with Crippen molar-refractivity contribution in [1.82, 2.24) is 0 Å². The summed E-state index contributed by atoms with van der Waals surface area (Å²) < 4.78 is 0. The molecule has 0 aromatic carbocycles. The quantitative estimate of drug-likeness (QED) is 0.676. The van der Waals surface area contributed by atoms with Crippen molar-refractivity contribution in [2.24, 2.45) is 10.2 Å². The van der Waals surface area contributed by atoms with E-state index in [-0.39, 0.29) is 5.54 Å². The van der Waals surface area contributed by atoms with Gasteiger partial charge in [-0.05, 0) is 53.9 Å². The zero-order valence-electron chi connectivity index (χ0n) is 14.5. The van der Waals surface area contributed by atoms with E-state index in [2.05, 4.69) is 24.1 Å². The zero-order chi connectivity index (χ0) is 16.2. The summed E-state index contributed by atoms with van der Waals surface area (Å²) in [5.41, 5.74) is -1.18. The summed E-state index contributed by atoms with van der Waals surface area (Å²) in [6.07, 6.45) is 5.67. The number of hydrogen-bond acceptors (Lipinski definition) is 4. The van der Waals surface area contributed by atoms with Gasteiger partial charge in [0, 0.05) is 6.42 Å². The van der Waals surface area contributed by atoms with Gasteiger partial charge < -0.3 is 9.90 Å². The Morgan fingerprint density at radius 1 is 1.00 bits per heavy atom. The average Bonchev–Trinajstić information content (AvgIpc) is 2.32. The van der Waals surface area contributed by atoms with Crippen LogP contribution in [0.3, 0.4) is 0 Å². The van der Waals surface area contributed by atoms with E-state index in [0.29, 0.717) is 12.2 Å². The van der Waals surface area contributed by atoms with Gasteiger partial charge in [-0.25, -0.2) is 0 Å². The molecule has 1 N–H and O–H groups in total. The first-order chi connectivity index (χ1) is 9.04. The normalized spacial score (nSPS) is 14.6. The fraction of sp³-hybridized carbons (Fsp3) is 0.938. The smallest absolute Gasteiger partial charge is 0.173 e. The van der Waals surface area contributed by atoms with Crippen LogP contribution < -0.4 is 0 Å². The number of carbonyl (C=O) groups is 1. The summed E-state index contributed by atoms with van der Waals surface area (Å²) in [6, 6.07) is 0. The van der Waals surface area contributed by atoms with Gasteiger partial charge in [0.2, 0.25) is 0 Å². The van der Waals surface area contributed by atoms with Crippen molar-refractivity contribution >= 4 is 5.78 Å². The number of hydrogen-bond donors (Lipinski definition) is 1. The van der Waals surface area contributed by atoms with Gasteiger partial charge in [0.1, 0.15) is 5.78 Å². The summed E-state index contributed by atoms with van der Waals surface area (Å²) in [5.74, 6) is 0.307. The molecule has 0 rings (SSSR count). The molecule has 0 fully saturated rings. The average molecular weight is 286 g/mol. The molecular weight excluding hydrogens is 252 g/mol. The number of azo groups is 1. The Bertz CT molecular complexity index is 279. The predicted molar refractivity (Wildman–Crippen MR) is 85.0 cm³/mol. The molecule has 20 heavy (non-hydrogen) atoms. The SMILES string of the molecule is CCCCC(C)(O)N=NC(C)(C)C.CCCCC(C)=O. The van der Waals surface area contributed by atoms with Gasteiger partial charge in [0.25, 0.3) is 0 Å². The number of rotatable bonds is 7. The third kappa shape index (κ3) is 19.6. The van der Waals surface area contributed by atoms with Crippen LogP contribution in [-0.2, 0) is 4.79 Å². The van der Waals surface area contributed by atoms with Gasteiger partial charge in [-0.3, -0.25) is 0 Å². The van der Waals surface area contributed by atoms with Crippen molar-refractivity contribution in [2.45, 2.75) is 98.3 Å². The van der Waals surface area contributed by atoms with Gasteiger partial charge in [-0.1, -0.05) is 26.7 Å². The molecule has 4 nitrogen and oxygen atoms in total. The van der Waals surface area contributed by atoms with Crippen molar-refractivity contribution < 1.29 is 9.90 Å². The Morgan fingerprint density at radius 3 is 1.80 bits per heavy atom. The van der Waals surface area contributed by atoms with Crippen LogP contribution in [0.2, 0.25) is 0 Å². The van der Waals surface area contributed by atoms with E-state index >= 15 is 0 Å². The molecule has 4 heteroatoms. The van der Waals surface area contributed by atoms with Crippen LogP contribution in [0.1, 0.15) is 87.0 Å². The fourth-order valence-corrected chi connectivity index (χ4v) is 1.25. The van der Waals surface area contributed by atoms with Crippen molar-refractivity contribution in [3.63, 3.8) is 0 Å². The van der Waals surface area contributed by atoms with Crippen LogP contribution in [-0.4, -0.2) is 22.2 Å². The van der Waals surface area contributed by atoms with E-state index in [0.717, 1.165) is 32.1 Å². The van der Waals surface area contributed by atoms with Crippen LogP contribution in [0.15, 0.2) is 10.2 Å². The minimum absolute atomic E-state index is 0.198. The second kappa shape index (κ2) is 11.0. The Balaban J connectivity index is 0. The second-order valence-electron chi connectivity index (χ2n) is 6.50. The highest BCUT2D eigenvalue weighted by molar-refractivity contribution is 5.75. The highest BCUT2D eigenvalue weighted by atomic mass is 16.3. The summed E-state index contributed by atoms with van der Waals surface area (Å²) >= 11 is 0. The van der Waals surface area contributed by atoms with Crippen LogP contribution >= 0.6 is 0 Å². The van der Waals surface area contributed by atoms with Gasteiger partial charge in [-0.15, -0.1) is 0 Å². The van der Waals surface area contributed by atoms with Crippen molar-refractivity contribution in [3.8, 4) is 0 Å². The van der Waals surface area contributed by atoms with Gasteiger partial charge in [0.05, 0.1) is 5.54 Å². The number of carbonyl (C=O) groups excluding carboxylic acids is 1. The highest BCUT2D eigenvalue weighted by Gasteiger charge is 2.19. The zero-order valence-corrected chi connectivity index (χ0v) is 14.5. The molecule has 0 aliphatic rings. The summed E-state index contributed by atoms with van der Waals surface area (Å²) in [7, 11) is 0. The van der Waals surface area contributed by atoms with Gasteiger partial charge in [0.15, 0.2) is 5.72 Å². The van der Waals surface area contributed by atoms with Gasteiger partial charge >= 0.3 is 0 Å². The van der Waals surface area contributed by atoms with Crippen molar-refractivity contribution in [2.75, 3.05) is 0 Å². The Morgan fingerprint density at radius 2 is 1.50 bits per heavy atom. The number of unbranched alkanes of at least 4 members (excludes halogenated alkanes) is 2. The van der Waals surface area contributed by atoms with Crippen LogP contribution in [0.25, 0.3) is 0 Å². The van der Waals surface area contributed by atoms with E-state index in [9.17, 15) is 9.90 Å². The minimum Gasteiger partial charge on any atom is -0.368 e. The molecule has 0 radical (unpaired) electrons. The lowest BCUT2D eigenvalue weighted by molar-refractivity contribution is -0.117. The molecule has 1 atom stereocenters. The number of aliphatic hydroxyl groups is 1. The highest BCUT2D eigenvalue weighted by Crippen LogP contribution is 2.18. The first-order valence-electron chi connectivity index (χ1n) is 7.70. The largest absolute Gasteiger partial charge is 0.368 e. The third-order valence-electron chi connectivity index (χ3n) is 2.45. The third-order valence-corrected chi connectivity index (χ3v) is 2.45. The van der Waals surface area contributed by atoms with E-state index < -0.39 is 5.72 Å². The maximum absolute atomic E-state index is 10.2. The lowest BCUT2D eigenvalue weighted by atomic mass is 10.1. The van der Waals surface area contributed by atoms with Gasteiger partial charge in [-0.2, -0.15) is 10.2 Å². The molecule has 0 spiro atoms. The Labute approximate surface area is 125 Å². The summed E-state index contributed by atoms with van der Waals surface area (Å²) in [6.45, 7) is 13.4. The topological polar surface area (TPSA) is 62.0 Å².